The van der Waals surface area contributed by atoms with Crippen LogP contribution in [-0.2, 0) is 10.1 Å². The first-order chi connectivity index (χ1) is 30.1. The third-order valence-corrected chi connectivity index (χ3v) is 16.2. The number of aryl methyl sites for hydroxylation is 9. The number of benzene rings is 7. The summed E-state index contributed by atoms with van der Waals surface area (Å²) in [7, 11) is -4.27. The van der Waals surface area contributed by atoms with Crippen molar-refractivity contribution in [1.82, 2.24) is 0 Å². The summed E-state index contributed by atoms with van der Waals surface area (Å²) >= 11 is 13.4. The van der Waals surface area contributed by atoms with Gasteiger partial charge >= 0.3 is 71.7 Å². The Morgan fingerprint density at radius 3 is 1.32 bits per heavy atom. The van der Waals surface area contributed by atoms with Crippen LogP contribution in [0.1, 0.15) is 50.1 Å². The SMILES string of the molecule is Cc1ccc(I)c(C)c1.Cc1ccc(S(=O)(=O)[O-])cc1.Cc1ccc(Sc2ccccc2N)c(C)c1.Cc1ccc([I+]c2ccc(C)cc2C)c(C)c1.I.I[I-]I.Nc1ccccc1S. The standard InChI is InChI=1S/C16H18I.C14H15NS.C8H9I.C7H8O3S.C6H7NS.I3.HI/c1-11-5-7-15(13(3)9-11)17-16-8-6-12(2)10-14(16)4;1-10-7-8-13(11(2)9-10)16-14-6-4-3-5-12(14)15;1-6-3-4-8(9)7(2)5-6;1-6-2-4-7(5-3-6)11(8,9)10;7-5-3-1-2-4-6(5)8;1-3-2;/h5-10H,1-4H3;3-9H,15H2,1-2H3;3-5H,1-2H3;2-5H,1H3,(H,8,9,10);1-4,8H,7H2;;1H/q+1;;;;;-1;/p-1. The van der Waals surface area contributed by atoms with Gasteiger partial charge in [-0.15, -0.1) is 36.6 Å². The molecule has 5 nitrogen and oxygen atoms in total. The topological polar surface area (TPSA) is 109 Å². The maximum Gasteiger partial charge on any atom is 0.0449 e. The molecule has 0 bridgehead atoms. The van der Waals surface area contributed by atoms with Gasteiger partial charge in [-0.2, -0.15) is 0 Å². The van der Waals surface area contributed by atoms with Crippen LogP contribution in [0.25, 0.3) is 0 Å². The van der Waals surface area contributed by atoms with Gasteiger partial charge < -0.3 is 16.0 Å². The molecule has 0 saturated carbocycles. The van der Waals surface area contributed by atoms with Crippen molar-refractivity contribution in [3.05, 3.63) is 206 Å². The normalized spacial score (nSPS) is 10.1. The number of para-hydroxylation sites is 2. The van der Waals surface area contributed by atoms with E-state index in [0.717, 1.165) is 26.7 Å². The quantitative estimate of drug-likeness (QED) is 0.0686. The molecule has 0 aliphatic carbocycles. The van der Waals surface area contributed by atoms with Crippen molar-refractivity contribution in [2.45, 2.75) is 81.9 Å². The molecule has 0 amide bonds. The second-order valence-corrected chi connectivity index (χ2v) is 37.9. The molecule has 65 heavy (non-hydrogen) atoms. The van der Waals surface area contributed by atoms with Crippen LogP contribution in [0.3, 0.4) is 0 Å². The Bertz CT molecular complexity index is 2580. The van der Waals surface area contributed by atoms with Gasteiger partial charge in [0.15, 0.2) is 7.14 Å². The van der Waals surface area contributed by atoms with E-state index < -0.39 is 10.1 Å². The molecule has 0 spiro atoms. The maximum atomic E-state index is 10.4. The van der Waals surface area contributed by atoms with Crippen molar-refractivity contribution in [3.8, 4) is 0 Å². The van der Waals surface area contributed by atoms with E-state index in [0.29, 0.717) is 13.3 Å². The average molecular weight is 1600 g/mol. The molecule has 350 valence electrons. The van der Waals surface area contributed by atoms with Crippen molar-refractivity contribution in [2.24, 2.45) is 0 Å². The average Bonchev–Trinajstić information content (AvgIpc) is 3.22. The van der Waals surface area contributed by atoms with Crippen LogP contribution in [0.2, 0.25) is 0 Å². The molecule has 7 aromatic rings. The van der Waals surface area contributed by atoms with Crippen LogP contribution < -0.4 is 45.9 Å². The molecular weight excluding hydrogens is 1550 g/mol. The number of anilines is 2. The summed E-state index contributed by atoms with van der Waals surface area (Å²) in [5.41, 5.74) is 24.8. The second-order valence-electron chi connectivity index (χ2n) is 14.6. The van der Waals surface area contributed by atoms with Gasteiger partial charge in [0.25, 0.3) is 0 Å². The molecule has 0 heterocycles. The van der Waals surface area contributed by atoms with Gasteiger partial charge in [-0.25, -0.2) is 8.42 Å². The molecule has 0 radical (unpaired) electrons. The van der Waals surface area contributed by atoms with E-state index in [2.05, 4.69) is 207 Å². The van der Waals surface area contributed by atoms with Gasteiger partial charge in [0, 0.05) is 40.8 Å². The van der Waals surface area contributed by atoms with Crippen LogP contribution in [0.15, 0.2) is 165 Å². The molecule has 0 fully saturated rings. The predicted molar refractivity (Wildman–Crippen MR) is 309 cm³/mol. The van der Waals surface area contributed by atoms with Crippen molar-refractivity contribution in [2.75, 3.05) is 11.5 Å². The molecule has 0 atom stereocenters. The minimum absolute atomic E-state index is 0. The monoisotopic (exact) mass is 1600 g/mol. The Labute approximate surface area is 469 Å². The van der Waals surface area contributed by atoms with Gasteiger partial charge in [0.1, 0.15) is 10.1 Å². The molecule has 14 heteroatoms. The summed E-state index contributed by atoms with van der Waals surface area (Å²) in [6, 6.07) is 47.8. The van der Waals surface area contributed by atoms with Crippen molar-refractivity contribution in [3.63, 3.8) is 0 Å². The predicted octanol–water partition coefficient (Wildman–Crippen LogP) is 9.84. The van der Waals surface area contributed by atoms with Gasteiger partial charge in [-0.3, -0.25) is 0 Å². The summed E-state index contributed by atoms with van der Waals surface area (Å²) in [4.78, 5) is 3.05. The molecule has 0 aromatic heterocycles. The van der Waals surface area contributed by atoms with Crippen LogP contribution >= 0.6 is 108 Å². The van der Waals surface area contributed by atoms with Crippen molar-refractivity contribution >= 4 is 130 Å². The van der Waals surface area contributed by atoms with E-state index >= 15 is 0 Å². The number of halogens is 6. The number of rotatable bonds is 5. The van der Waals surface area contributed by atoms with Crippen LogP contribution in [0.4, 0.5) is 11.4 Å². The maximum absolute atomic E-state index is 10.4. The zero-order valence-corrected chi connectivity index (χ0v) is 53.4. The second kappa shape index (κ2) is 32.8. The number of hydrogen-bond donors (Lipinski definition) is 3. The molecule has 0 saturated heterocycles. The first kappa shape index (κ1) is 62.1. The van der Waals surface area contributed by atoms with Crippen molar-refractivity contribution < 1.29 is 47.4 Å². The summed E-state index contributed by atoms with van der Waals surface area (Å²) in [6.07, 6.45) is 0. The van der Waals surface area contributed by atoms with Crippen molar-refractivity contribution in [1.29, 1.82) is 0 Å². The largest absolute Gasteiger partial charge is 0.398 e. The molecule has 0 aliphatic rings. The molecule has 7 rings (SSSR count). The first-order valence-corrected chi connectivity index (χ1v) is 38.2. The Morgan fingerprint density at radius 1 is 0.538 bits per heavy atom. The fraction of sp³-hybridized carbons (Fsp3) is 0.176. The summed E-state index contributed by atoms with van der Waals surface area (Å²) in [5, 5.41) is 0. The minimum Gasteiger partial charge on any atom is -0.398 e. The Kier molecular flexibility index (Phi) is 31.4. The van der Waals surface area contributed by atoms with Gasteiger partial charge in [-0.05, 0) is 157 Å². The van der Waals surface area contributed by atoms with E-state index in [-0.39, 0.29) is 50.1 Å². The van der Waals surface area contributed by atoms with Crippen LogP contribution in [0, 0.1) is 73.0 Å². The van der Waals surface area contributed by atoms with E-state index in [4.69, 9.17) is 11.5 Å². The summed E-state index contributed by atoms with van der Waals surface area (Å²) < 4.78 is 35.6. The number of hydrogen-bond acceptors (Lipinski definition) is 7. The number of nitrogens with two attached hydrogens (primary N) is 2. The van der Waals surface area contributed by atoms with E-state index in [1.165, 1.54) is 65.1 Å². The fourth-order valence-corrected chi connectivity index (χ4v) is 9.90. The van der Waals surface area contributed by atoms with E-state index in [1.807, 2.05) is 49.4 Å². The van der Waals surface area contributed by atoms with Gasteiger partial charge in [-0.1, -0.05) is 125 Å². The Hall–Kier alpha value is -0.870. The van der Waals surface area contributed by atoms with Gasteiger partial charge in [0.2, 0.25) is 0 Å². The summed E-state index contributed by atoms with van der Waals surface area (Å²) in [5.74, 6) is 0. The van der Waals surface area contributed by atoms with E-state index in [1.54, 1.807) is 31.0 Å². The number of thiol groups is 1. The minimum atomic E-state index is -4.27. The molecule has 0 unspecified atom stereocenters. The first-order valence-electron chi connectivity index (χ1n) is 19.7. The third-order valence-electron chi connectivity index (χ3n) is 8.86. The fourth-order valence-electron chi connectivity index (χ4n) is 5.50. The molecular formula is C51H57I6N2O3S3-. The summed E-state index contributed by atoms with van der Waals surface area (Å²) in [6.45, 7) is 19.1. The third kappa shape index (κ3) is 25.0. The zero-order chi connectivity index (χ0) is 48.0. The molecule has 7 aromatic carbocycles. The zero-order valence-electron chi connectivity index (χ0n) is 37.8. The van der Waals surface area contributed by atoms with Crippen LogP contribution in [-0.4, -0.2) is 13.0 Å². The Balaban J connectivity index is 0.000000409. The van der Waals surface area contributed by atoms with E-state index in [9.17, 15) is 13.0 Å². The Morgan fingerprint density at radius 2 is 0.938 bits per heavy atom. The van der Waals surface area contributed by atoms with Gasteiger partial charge in [0.05, 0.1) is 4.90 Å². The molecule has 4 N–H and O–H groups in total. The number of nitrogen functional groups attached to an aromatic ring is 2. The molecule has 0 aliphatic heterocycles. The van der Waals surface area contributed by atoms with Crippen LogP contribution in [0.5, 0.6) is 0 Å². The smallest absolute Gasteiger partial charge is 0.0449 e.